The van der Waals surface area contributed by atoms with Crippen molar-refractivity contribution in [3.8, 4) is 0 Å². The minimum atomic E-state index is 0.595. The summed E-state index contributed by atoms with van der Waals surface area (Å²) in [7, 11) is 0. The van der Waals surface area contributed by atoms with Gasteiger partial charge in [-0.15, -0.1) is 0 Å². The molecule has 1 fully saturated rings. The van der Waals surface area contributed by atoms with Crippen molar-refractivity contribution in [1.29, 1.82) is 0 Å². The molecule has 2 rings (SSSR count). The molecular formula is C12H19N3S. The molecule has 1 heterocycles. The molecule has 0 bridgehead atoms. The van der Waals surface area contributed by atoms with Crippen molar-refractivity contribution >= 4 is 17.6 Å². The third kappa shape index (κ3) is 3.11. The standard InChI is InChI=1S/C12H19N3S/c1-9-13-8-7-12(14-9)15-10-3-5-11(16-2)6-4-10/h7-8,10-11H,3-6H2,1-2H3,(H,13,14,15). The van der Waals surface area contributed by atoms with Crippen molar-refractivity contribution in [2.24, 2.45) is 0 Å². The molecule has 16 heavy (non-hydrogen) atoms. The average molecular weight is 237 g/mol. The van der Waals surface area contributed by atoms with Crippen LogP contribution in [0, 0.1) is 6.92 Å². The van der Waals surface area contributed by atoms with Gasteiger partial charge in [-0.1, -0.05) is 0 Å². The summed E-state index contributed by atoms with van der Waals surface area (Å²) in [5.41, 5.74) is 0. The summed E-state index contributed by atoms with van der Waals surface area (Å²) < 4.78 is 0. The van der Waals surface area contributed by atoms with Crippen LogP contribution >= 0.6 is 11.8 Å². The molecule has 1 aliphatic rings. The second-order valence-corrected chi connectivity index (χ2v) is 5.48. The molecule has 0 aliphatic heterocycles. The van der Waals surface area contributed by atoms with E-state index in [1.165, 1.54) is 25.7 Å². The van der Waals surface area contributed by atoms with Gasteiger partial charge in [-0.3, -0.25) is 0 Å². The number of hydrogen-bond donors (Lipinski definition) is 1. The number of anilines is 1. The molecule has 4 heteroatoms. The van der Waals surface area contributed by atoms with Gasteiger partial charge in [0.15, 0.2) is 0 Å². The second kappa shape index (κ2) is 5.53. The highest BCUT2D eigenvalue weighted by Gasteiger charge is 2.20. The lowest BCUT2D eigenvalue weighted by Gasteiger charge is -2.28. The normalized spacial score (nSPS) is 25.4. The maximum Gasteiger partial charge on any atom is 0.129 e. The zero-order valence-electron chi connectivity index (χ0n) is 9.94. The predicted octanol–water partition coefficient (Wildman–Crippen LogP) is 2.87. The highest BCUT2D eigenvalue weighted by atomic mass is 32.2. The maximum atomic E-state index is 4.38. The monoisotopic (exact) mass is 237 g/mol. The summed E-state index contributed by atoms with van der Waals surface area (Å²) in [5.74, 6) is 1.81. The topological polar surface area (TPSA) is 37.8 Å². The zero-order chi connectivity index (χ0) is 11.4. The van der Waals surface area contributed by atoms with Crippen molar-refractivity contribution in [2.45, 2.75) is 43.9 Å². The van der Waals surface area contributed by atoms with Crippen LogP contribution in [-0.4, -0.2) is 27.5 Å². The van der Waals surface area contributed by atoms with E-state index in [0.717, 1.165) is 16.9 Å². The smallest absolute Gasteiger partial charge is 0.129 e. The van der Waals surface area contributed by atoms with Crippen LogP contribution in [0.15, 0.2) is 12.3 Å². The van der Waals surface area contributed by atoms with Gasteiger partial charge in [0.1, 0.15) is 11.6 Å². The van der Waals surface area contributed by atoms with Gasteiger partial charge in [-0.2, -0.15) is 11.8 Å². The molecule has 0 atom stereocenters. The molecule has 1 N–H and O–H groups in total. The Morgan fingerprint density at radius 1 is 1.31 bits per heavy atom. The Hall–Kier alpha value is -0.770. The summed E-state index contributed by atoms with van der Waals surface area (Å²) >= 11 is 2.00. The van der Waals surface area contributed by atoms with E-state index in [1.807, 2.05) is 30.9 Å². The van der Waals surface area contributed by atoms with Crippen LogP contribution in [0.25, 0.3) is 0 Å². The summed E-state index contributed by atoms with van der Waals surface area (Å²) in [6, 6.07) is 2.55. The van der Waals surface area contributed by atoms with Crippen LogP contribution < -0.4 is 5.32 Å². The lowest BCUT2D eigenvalue weighted by molar-refractivity contribution is 0.472. The third-order valence-corrected chi connectivity index (χ3v) is 4.27. The molecule has 1 aromatic heterocycles. The Morgan fingerprint density at radius 2 is 2.06 bits per heavy atom. The molecule has 0 amide bonds. The number of aryl methyl sites for hydroxylation is 1. The van der Waals surface area contributed by atoms with Crippen molar-refractivity contribution in [1.82, 2.24) is 9.97 Å². The first-order chi connectivity index (χ1) is 7.78. The summed E-state index contributed by atoms with van der Waals surface area (Å²) in [6.45, 7) is 1.93. The van der Waals surface area contributed by atoms with E-state index in [-0.39, 0.29) is 0 Å². The molecule has 1 aliphatic carbocycles. The first-order valence-corrected chi connectivity index (χ1v) is 7.15. The Balaban J connectivity index is 1.87. The van der Waals surface area contributed by atoms with Gasteiger partial charge in [-0.05, 0) is 44.9 Å². The van der Waals surface area contributed by atoms with E-state index in [4.69, 9.17) is 0 Å². The molecule has 88 valence electrons. The molecule has 1 aromatic rings. The van der Waals surface area contributed by atoms with Crippen molar-refractivity contribution in [2.75, 3.05) is 11.6 Å². The first-order valence-electron chi connectivity index (χ1n) is 5.87. The van der Waals surface area contributed by atoms with Crippen LogP contribution in [-0.2, 0) is 0 Å². The van der Waals surface area contributed by atoms with Crippen LogP contribution in [0.2, 0.25) is 0 Å². The quantitative estimate of drug-likeness (QED) is 0.877. The SMILES string of the molecule is CSC1CCC(Nc2ccnc(C)n2)CC1. The van der Waals surface area contributed by atoms with E-state index in [0.29, 0.717) is 6.04 Å². The molecule has 0 spiro atoms. The van der Waals surface area contributed by atoms with Crippen LogP contribution in [0.1, 0.15) is 31.5 Å². The molecule has 3 nitrogen and oxygen atoms in total. The molecule has 0 saturated heterocycles. The first kappa shape index (κ1) is 11.7. The molecule has 0 aromatic carbocycles. The Kier molecular flexibility index (Phi) is 4.04. The van der Waals surface area contributed by atoms with Gasteiger partial charge < -0.3 is 5.32 Å². The number of aromatic nitrogens is 2. The van der Waals surface area contributed by atoms with Crippen LogP contribution in [0.4, 0.5) is 5.82 Å². The van der Waals surface area contributed by atoms with Gasteiger partial charge in [0.2, 0.25) is 0 Å². The van der Waals surface area contributed by atoms with E-state index >= 15 is 0 Å². The highest BCUT2D eigenvalue weighted by Crippen LogP contribution is 2.28. The number of nitrogens with zero attached hydrogens (tertiary/aromatic N) is 2. The van der Waals surface area contributed by atoms with Gasteiger partial charge in [0, 0.05) is 17.5 Å². The summed E-state index contributed by atoms with van der Waals surface area (Å²) in [4.78, 5) is 8.48. The lowest BCUT2D eigenvalue weighted by Crippen LogP contribution is -2.27. The minimum absolute atomic E-state index is 0.595. The Bertz CT molecular complexity index is 335. The van der Waals surface area contributed by atoms with Gasteiger partial charge in [0.05, 0.1) is 0 Å². The van der Waals surface area contributed by atoms with Crippen molar-refractivity contribution in [3.05, 3.63) is 18.1 Å². The number of hydrogen-bond acceptors (Lipinski definition) is 4. The van der Waals surface area contributed by atoms with E-state index in [2.05, 4.69) is 21.5 Å². The average Bonchev–Trinajstić information content (AvgIpc) is 2.30. The van der Waals surface area contributed by atoms with E-state index < -0.39 is 0 Å². The van der Waals surface area contributed by atoms with Crippen LogP contribution in [0.5, 0.6) is 0 Å². The fourth-order valence-electron chi connectivity index (χ4n) is 2.19. The van der Waals surface area contributed by atoms with Crippen molar-refractivity contribution in [3.63, 3.8) is 0 Å². The van der Waals surface area contributed by atoms with Gasteiger partial charge in [-0.25, -0.2) is 9.97 Å². The Morgan fingerprint density at radius 3 is 2.69 bits per heavy atom. The van der Waals surface area contributed by atoms with E-state index in [1.54, 1.807) is 0 Å². The fraction of sp³-hybridized carbons (Fsp3) is 0.667. The minimum Gasteiger partial charge on any atom is -0.367 e. The zero-order valence-corrected chi connectivity index (χ0v) is 10.8. The molecular weight excluding hydrogens is 218 g/mol. The number of nitrogens with one attached hydrogen (secondary N) is 1. The molecule has 0 unspecified atom stereocenters. The second-order valence-electron chi connectivity index (χ2n) is 4.34. The van der Waals surface area contributed by atoms with Crippen molar-refractivity contribution < 1.29 is 0 Å². The molecule has 0 radical (unpaired) electrons. The third-order valence-electron chi connectivity index (χ3n) is 3.14. The number of thioether (sulfide) groups is 1. The maximum absolute atomic E-state index is 4.38. The van der Waals surface area contributed by atoms with Gasteiger partial charge >= 0.3 is 0 Å². The van der Waals surface area contributed by atoms with Crippen LogP contribution in [0.3, 0.4) is 0 Å². The summed E-state index contributed by atoms with van der Waals surface area (Å²) in [6.07, 6.45) is 9.19. The lowest BCUT2D eigenvalue weighted by atomic mass is 9.95. The van der Waals surface area contributed by atoms with E-state index in [9.17, 15) is 0 Å². The molecule has 1 saturated carbocycles. The van der Waals surface area contributed by atoms with Gasteiger partial charge in [0.25, 0.3) is 0 Å². The Labute approximate surface area is 101 Å². The highest BCUT2D eigenvalue weighted by molar-refractivity contribution is 7.99. The summed E-state index contributed by atoms with van der Waals surface area (Å²) in [5, 5.41) is 4.37. The largest absolute Gasteiger partial charge is 0.367 e. The fourth-order valence-corrected chi connectivity index (χ4v) is 2.93. The predicted molar refractivity (Wildman–Crippen MR) is 70.0 cm³/mol. The number of rotatable bonds is 3.